The highest BCUT2D eigenvalue weighted by atomic mass is 35.5. The number of hydrogen-bond donors (Lipinski definition) is 1. The molecule has 2 rings (SSSR count). The van der Waals surface area contributed by atoms with Crippen molar-refractivity contribution < 1.29 is 4.74 Å². The van der Waals surface area contributed by atoms with Crippen molar-refractivity contribution in [1.82, 2.24) is 9.78 Å². The highest BCUT2D eigenvalue weighted by molar-refractivity contribution is 6.31. The van der Waals surface area contributed by atoms with Gasteiger partial charge in [-0.05, 0) is 32.4 Å². The first-order chi connectivity index (χ1) is 9.43. The number of halogens is 1. The van der Waals surface area contributed by atoms with E-state index in [1.54, 1.807) is 7.11 Å². The van der Waals surface area contributed by atoms with Gasteiger partial charge in [-0.2, -0.15) is 5.10 Å². The Morgan fingerprint density at radius 3 is 2.55 bits per heavy atom. The second kappa shape index (κ2) is 5.75. The van der Waals surface area contributed by atoms with Gasteiger partial charge in [0.05, 0.1) is 18.5 Å². The number of nitrogens with one attached hydrogen (secondary N) is 1. The summed E-state index contributed by atoms with van der Waals surface area (Å²) in [5.74, 6) is 0.750. The lowest BCUT2D eigenvalue weighted by Gasteiger charge is -2.13. The van der Waals surface area contributed by atoms with Gasteiger partial charge in [-0.3, -0.25) is 4.68 Å². The Bertz CT molecular complexity index is 635. The van der Waals surface area contributed by atoms with E-state index in [1.807, 2.05) is 37.7 Å². The third-order valence-corrected chi connectivity index (χ3v) is 4.00. The molecule has 20 heavy (non-hydrogen) atoms. The van der Waals surface area contributed by atoms with Crippen LogP contribution >= 0.6 is 11.6 Å². The SMILES string of the molecule is COc1cc(Cl)c(C)cc1NCc1c(C)nn(C)c1C. The number of ether oxygens (including phenoxy) is 1. The summed E-state index contributed by atoms with van der Waals surface area (Å²) in [5, 5.41) is 8.54. The molecule has 4 nitrogen and oxygen atoms in total. The fourth-order valence-electron chi connectivity index (χ4n) is 2.23. The summed E-state index contributed by atoms with van der Waals surface area (Å²) in [5.41, 5.74) is 5.38. The summed E-state index contributed by atoms with van der Waals surface area (Å²) < 4.78 is 7.27. The van der Waals surface area contributed by atoms with Crippen molar-refractivity contribution in [3.63, 3.8) is 0 Å². The van der Waals surface area contributed by atoms with E-state index in [-0.39, 0.29) is 0 Å². The summed E-state index contributed by atoms with van der Waals surface area (Å²) >= 11 is 6.11. The van der Waals surface area contributed by atoms with Crippen molar-refractivity contribution in [2.75, 3.05) is 12.4 Å². The van der Waals surface area contributed by atoms with Gasteiger partial charge < -0.3 is 10.1 Å². The summed E-state index contributed by atoms with van der Waals surface area (Å²) in [7, 11) is 3.60. The lowest BCUT2D eigenvalue weighted by Crippen LogP contribution is -2.04. The van der Waals surface area contributed by atoms with Gasteiger partial charge in [0, 0.05) is 35.9 Å². The Morgan fingerprint density at radius 1 is 1.30 bits per heavy atom. The Kier molecular flexibility index (Phi) is 4.23. The number of rotatable bonds is 4. The van der Waals surface area contributed by atoms with Crippen LogP contribution in [-0.2, 0) is 13.6 Å². The van der Waals surface area contributed by atoms with Gasteiger partial charge in [0.25, 0.3) is 0 Å². The van der Waals surface area contributed by atoms with Crippen LogP contribution in [0.2, 0.25) is 5.02 Å². The largest absolute Gasteiger partial charge is 0.495 e. The second-order valence-corrected chi connectivity index (χ2v) is 5.34. The normalized spacial score (nSPS) is 10.7. The van der Waals surface area contributed by atoms with E-state index in [1.165, 1.54) is 11.3 Å². The Morgan fingerprint density at radius 2 is 2.00 bits per heavy atom. The molecule has 0 unspecified atom stereocenters. The highest BCUT2D eigenvalue weighted by Gasteiger charge is 2.11. The molecule has 108 valence electrons. The van der Waals surface area contributed by atoms with Crippen LogP contribution in [0.5, 0.6) is 5.75 Å². The third-order valence-electron chi connectivity index (χ3n) is 3.60. The zero-order valence-corrected chi connectivity index (χ0v) is 13.3. The number of nitrogens with zero attached hydrogens (tertiary/aromatic N) is 2. The van der Waals surface area contributed by atoms with Gasteiger partial charge in [-0.1, -0.05) is 11.6 Å². The minimum absolute atomic E-state index is 0.709. The van der Waals surface area contributed by atoms with Crippen molar-refractivity contribution in [2.45, 2.75) is 27.3 Å². The maximum absolute atomic E-state index is 6.11. The molecule has 5 heteroatoms. The monoisotopic (exact) mass is 293 g/mol. The molecule has 0 saturated carbocycles. The van der Waals surface area contributed by atoms with Gasteiger partial charge in [-0.25, -0.2) is 0 Å². The zero-order chi connectivity index (χ0) is 14.9. The fraction of sp³-hybridized carbons (Fsp3) is 0.400. The van der Waals surface area contributed by atoms with Gasteiger partial charge in [-0.15, -0.1) is 0 Å². The average Bonchev–Trinajstić information content (AvgIpc) is 2.65. The van der Waals surface area contributed by atoms with Crippen LogP contribution in [0.1, 0.15) is 22.5 Å². The lowest BCUT2D eigenvalue weighted by atomic mass is 10.1. The molecule has 1 aromatic heterocycles. The molecule has 0 saturated heterocycles. The molecule has 0 aliphatic heterocycles. The molecule has 0 bridgehead atoms. The van der Waals surface area contributed by atoms with E-state index < -0.39 is 0 Å². The van der Waals surface area contributed by atoms with Crippen LogP contribution in [0.15, 0.2) is 12.1 Å². The zero-order valence-electron chi connectivity index (χ0n) is 12.5. The molecule has 0 aliphatic rings. The number of aromatic nitrogens is 2. The van der Waals surface area contributed by atoms with Gasteiger partial charge >= 0.3 is 0 Å². The maximum Gasteiger partial charge on any atom is 0.143 e. The van der Waals surface area contributed by atoms with E-state index in [2.05, 4.69) is 17.3 Å². The predicted octanol–water partition coefficient (Wildman–Crippen LogP) is 3.62. The summed E-state index contributed by atoms with van der Waals surface area (Å²) in [4.78, 5) is 0. The van der Waals surface area contributed by atoms with Crippen LogP contribution in [0.4, 0.5) is 5.69 Å². The van der Waals surface area contributed by atoms with Gasteiger partial charge in [0.15, 0.2) is 0 Å². The van der Waals surface area contributed by atoms with E-state index >= 15 is 0 Å². The number of hydrogen-bond acceptors (Lipinski definition) is 3. The van der Waals surface area contributed by atoms with Crippen LogP contribution in [-0.4, -0.2) is 16.9 Å². The smallest absolute Gasteiger partial charge is 0.143 e. The molecule has 1 aromatic carbocycles. The van der Waals surface area contributed by atoms with Crippen LogP contribution in [0.25, 0.3) is 0 Å². The molecule has 0 aliphatic carbocycles. The quantitative estimate of drug-likeness (QED) is 0.936. The number of anilines is 1. The average molecular weight is 294 g/mol. The summed E-state index contributed by atoms with van der Waals surface area (Å²) in [6, 6.07) is 3.84. The van der Waals surface area contributed by atoms with E-state index in [9.17, 15) is 0 Å². The predicted molar refractivity (Wildman–Crippen MR) is 82.7 cm³/mol. The maximum atomic E-state index is 6.11. The van der Waals surface area contributed by atoms with Crippen LogP contribution < -0.4 is 10.1 Å². The lowest BCUT2D eigenvalue weighted by molar-refractivity contribution is 0.416. The van der Waals surface area contributed by atoms with Crippen LogP contribution in [0.3, 0.4) is 0 Å². The fourth-order valence-corrected chi connectivity index (χ4v) is 2.38. The van der Waals surface area contributed by atoms with Gasteiger partial charge in [0.2, 0.25) is 0 Å². The Labute approximate surface area is 124 Å². The number of methoxy groups -OCH3 is 1. The molecule has 0 fully saturated rings. The van der Waals surface area contributed by atoms with Crippen molar-refractivity contribution in [3.8, 4) is 5.75 Å². The minimum atomic E-state index is 0.709. The molecule has 0 radical (unpaired) electrons. The van der Waals surface area contributed by atoms with Crippen molar-refractivity contribution >= 4 is 17.3 Å². The molecule has 1 heterocycles. The first-order valence-corrected chi connectivity index (χ1v) is 6.89. The highest BCUT2D eigenvalue weighted by Crippen LogP contribution is 2.31. The summed E-state index contributed by atoms with van der Waals surface area (Å²) in [6.07, 6.45) is 0. The Hall–Kier alpha value is -1.68. The molecule has 2 aromatic rings. The first kappa shape index (κ1) is 14.7. The molecule has 0 spiro atoms. The second-order valence-electron chi connectivity index (χ2n) is 4.93. The molecular weight excluding hydrogens is 274 g/mol. The minimum Gasteiger partial charge on any atom is -0.495 e. The standard InChI is InChI=1S/C15H20ClN3O/c1-9-6-14(15(20-5)7-13(9)16)17-8-12-10(2)18-19(4)11(12)3/h6-7,17H,8H2,1-5H3. The molecule has 0 atom stereocenters. The molecule has 0 amide bonds. The van der Waals surface area contributed by atoms with Crippen molar-refractivity contribution in [1.29, 1.82) is 0 Å². The van der Waals surface area contributed by atoms with Crippen LogP contribution in [0, 0.1) is 20.8 Å². The van der Waals surface area contributed by atoms with E-state index in [0.29, 0.717) is 11.6 Å². The molecular formula is C15H20ClN3O. The number of benzene rings is 1. The summed E-state index contributed by atoms with van der Waals surface area (Å²) in [6.45, 7) is 6.78. The third kappa shape index (κ3) is 2.75. The van der Waals surface area contributed by atoms with Crippen molar-refractivity contribution in [2.24, 2.45) is 7.05 Å². The first-order valence-electron chi connectivity index (χ1n) is 6.51. The molecule has 1 N–H and O–H groups in total. The Balaban J connectivity index is 2.25. The van der Waals surface area contributed by atoms with E-state index in [0.717, 1.165) is 22.7 Å². The number of aryl methyl sites for hydroxylation is 3. The topological polar surface area (TPSA) is 39.1 Å². The van der Waals surface area contributed by atoms with Crippen molar-refractivity contribution in [3.05, 3.63) is 39.7 Å². The van der Waals surface area contributed by atoms with E-state index in [4.69, 9.17) is 16.3 Å². The van der Waals surface area contributed by atoms with Gasteiger partial charge in [0.1, 0.15) is 5.75 Å².